The summed E-state index contributed by atoms with van der Waals surface area (Å²) in [4.78, 5) is 3.34. The van der Waals surface area contributed by atoms with Gasteiger partial charge >= 0.3 is 0 Å². The molecule has 15 aromatic rings. The molecule has 0 saturated carbocycles. The highest BCUT2D eigenvalue weighted by molar-refractivity contribution is 7.00. The van der Waals surface area contributed by atoms with Gasteiger partial charge in [0.25, 0.3) is 6.71 Å². The van der Waals surface area contributed by atoms with Crippen molar-refractivity contribution in [1.29, 1.82) is 0 Å². The lowest BCUT2D eigenvalue weighted by Gasteiger charge is -2.47. The summed E-state index contributed by atoms with van der Waals surface area (Å²) < 4.78 is 245. The summed E-state index contributed by atoms with van der Waals surface area (Å²) in [5.41, 5.74) is -0.761. The summed E-state index contributed by atoms with van der Waals surface area (Å²) in [6, 6.07) is 27.6. The molecule has 4 nitrogen and oxygen atoms in total. The van der Waals surface area contributed by atoms with Crippen LogP contribution in [0.3, 0.4) is 0 Å². The molecule has 0 spiro atoms. The molecule has 0 radical (unpaired) electrons. The minimum atomic E-state index is -1.88. The molecule has 13 aromatic carbocycles. The summed E-state index contributed by atoms with van der Waals surface area (Å²) in [6.07, 6.45) is 0. The van der Waals surface area contributed by atoms with E-state index in [2.05, 4.69) is 41.5 Å². The molecule has 5 heteroatoms. The first-order chi connectivity index (χ1) is 56.1. The van der Waals surface area contributed by atoms with Gasteiger partial charge in [0.05, 0.1) is 66.3 Å². The standard InChI is InChI=1S/C90H75BN4/c1-88(2,3)62-50-71(58-30-14-10-15-31-58)86(72(51-62)59-32-16-11-17-33-59)94-81-56-65(92-77-42-26-22-38-67(77)68-39-23-27-43-78(68)92)46-48-75(81)91-76-49-47-66(93-79-44-28-24-40-69(79)70-41-25-29-45-80(70)93)57-82(76)95(84-55-64(90(7,8)9)54-83(94)85(84)91)87-73(60-34-18-12-19-35-60)52-63(89(4,5)6)53-74(87)61-36-20-13-21-37-61/h10-57H,1-9H3/i22D,23D,24D,25D,26D,27D,28D,29D,38D,39D,40D,41D,42D,43D,44D,45D,46D,47D,48D,49D,54D,55D,56D,57D. The zero-order valence-corrected chi connectivity index (χ0v) is 53.7. The average Bonchev–Trinajstić information content (AvgIpc) is 1.68. The number of fused-ring (bicyclic) bond motifs is 10. The summed E-state index contributed by atoms with van der Waals surface area (Å²) in [6.45, 7) is 15.9. The Hall–Kier alpha value is -10.9. The fourth-order valence-electron chi connectivity index (χ4n) is 13.7. The van der Waals surface area contributed by atoms with E-state index in [4.69, 9.17) is 5.48 Å². The van der Waals surface area contributed by atoms with Crippen LogP contribution in [0.25, 0.3) is 99.5 Å². The summed E-state index contributed by atoms with van der Waals surface area (Å²) in [5.74, 6) is 0. The molecule has 2 aliphatic heterocycles. The van der Waals surface area contributed by atoms with Crippen LogP contribution in [0.1, 0.15) is 112 Å². The molecule has 0 fully saturated rings. The van der Waals surface area contributed by atoms with Crippen molar-refractivity contribution in [3.05, 3.63) is 307 Å². The van der Waals surface area contributed by atoms with Crippen LogP contribution in [0.2, 0.25) is 0 Å². The summed E-state index contributed by atoms with van der Waals surface area (Å²) in [7, 11) is 0. The zero-order valence-electron chi connectivity index (χ0n) is 77.7. The van der Waals surface area contributed by atoms with Crippen LogP contribution in [-0.2, 0) is 16.2 Å². The van der Waals surface area contributed by atoms with E-state index in [9.17, 15) is 27.4 Å². The Morgan fingerprint density at radius 3 is 0.874 bits per heavy atom. The van der Waals surface area contributed by atoms with E-state index in [1.165, 1.54) is 0 Å². The van der Waals surface area contributed by atoms with Gasteiger partial charge < -0.3 is 18.9 Å². The minimum absolute atomic E-state index is 0.0101. The number of para-hydroxylation sites is 4. The highest BCUT2D eigenvalue weighted by Crippen LogP contribution is 2.56. The third kappa shape index (κ3) is 9.41. The lowest BCUT2D eigenvalue weighted by Crippen LogP contribution is -2.61. The van der Waals surface area contributed by atoms with Crippen LogP contribution in [0.4, 0.5) is 34.1 Å². The number of benzene rings is 13. The van der Waals surface area contributed by atoms with Crippen molar-refractivity contribution in [2.75, 3.05) is 9.80 Å². The second-order valence-corrected chi connectivity index (χ2v) is 27.4. The van der Waals surface area contributed by atoms with Crippen molar-refractivity contribution in [1.82, 2.24) is 9.13 Å². The Balaban J connectivity index is 1.20. The lowest BCUT2D eigenvalue weighted by molar-refractivity contribution is 0.590. The minimum Gasteiger partial charge on any atom is -0.310 e. The van der Waals surface area contributed by atoms with Gasteiger partial charge in [0.2, 0.25) is 0 Å². The highest BCUT2D eigenvalue weighted by atomic mass is 15.2. The van der Waals surface area contributed by atoms with Crippen LogP contribution < -0.4 is 26.2 Å². The van der Waals surface area contributed by atoms with Gasteiger partial charge in [-0.25, -0.2) is 0 Å². The van der Waals surface area contributed by atoms with Gasteiger partial charge in [-0.1, -0.05) is 268 Å². The van der Waals surface area contributed by atoms with Crippen LogP contribution in [0.15, 0.2) is 291 Å². The SMILES string of the molecule is [2H]c1c([2H])c(-n2c3c([2H])c([2H])c([2H])c([2H])c3c3c([2H])c([2H])c([2H])c([2H])c32)c([2H])c2c1B1c3c([2H])c([2H])c(-n4c5c([2H])c([2H])c([2H])c([2H])c5c5c([2H])c([2H])c([2H])c([2H])c54)c([2H])c3N(c3c(-c4ccccc4)cc(C(C)(C)C)cc3-c3ccccc3)c3c([2H])c(C(C)(C)C)c([2H])c(c31)N2c1c(-c2ccccc2)cc(C(C)(C)C)cc1-c1ccccc1. The Kier molecular flexibility index (Phi) is 8.68. The molecule has 2 aromatic heterocycles. The van der Waals surface area contributed by atoms with Gasteiger partial charge in [-0.05, 0) is 156 Å². The van der Waals surface area contributed by atoms with Crippen molar-refractivity contribution in [2.45, 2.75) is 78.6 Å². The lowest BCUT2D eigenvalue weighted by atomic mass is 9.33. The Bertz CT molecular complexity index is 6350. The maximum Gasteiger partial charge on any atom is 0.252 e. The monoisotopic (exact) mass is 1250 g/mol. The molecular weight excluding hydrogens is 1150 g/mol. The zero-order chi connectivity index (χ0) is 85.5. The van der Waals surface area contributed by atoms with Crippen molar-refractivity contribution < 1.29 is 32.9 Å². The van der Waals surface area contributed by atoms with E-state index < -0.39 is 211 Å². The smallest absolute Gasteiger partial charge is 0.252 e. The van der Waals surface area contributed by atoms with E-state index in [0.29, 0.717) is 44.5 Å². The maximum atomic E-state index is 11.7. The van der Waals surface area contributed by atoms with Crippen LogP contribution in [-0.4, -0.2) is 15.8 Å². The third-order valence-corrected chi connectivity index (χ3v) is 18.4. The van der Waals surface area contributed by atoms with E-state index in [1.807, 2.05) is 166 Å². The normalized spacial score (nSPS) is 16.6. The van der Waals surface area contributed by atoms with E-state index in [-0.39, 0.29) is 68.2 Å². The molecule has 4 heterocycles. The van der Waals surface area contributed by atoms with Gasteiger partial charge in [-0.15, -0.1) is 0 Å². The summed E-state index contributed by atoms with van der Waals surface area (Å²) >= 11 is 0. The maximum absolute atomic E-state index is 11.7. The number of anilines is 6. The number of hydrogen-bond acceptors (Lipinski definition) is 2. The first-order valence-electron chi connectivity index (χ1n) is 43.8. The Labute approximate surface area is 592 Å². The molecule has 0 saturated heterocycles. The van der Waals surface area contributed by atoms with Gasteiger partial charge in [0, 0.05) is 77.9 Å². The molecule has 0 aliphatic carbocycles. The van der Waals surface area contributed by atoms with Gasteiger partial charge in [0.1, 0.15) is 0 Å². The Morgan fingerprint density at radius 2 is 0.589 bits per heavy atom. The fraction of sp³-hybridized carbons (Fsp3) is 0.133. The number of nitrogens with zero attached hydrogens (tertiary/aromatic N) is 4. The summed E-state index contributed by atoms with van der Waals surface area (Å²) in [5, 5.41) is -1.59. The second kappa shape index (κ2) is 21.9. The average molecular weight is 1250 g/mol. The molecule has 0 bridgehead atoms. The van der Waals surface area contributed by atoms with Gasteiger partial charge in [-0.2, -0.15) is 0 Å². The van der Waals surface area contributed by atoms with Crippen LogP contribution in [0, 0.1) is 0 Å². The highest BCUT2D eigenvalue weighted by Gasteiger charge is 2.47. The van der Waals surface area contributed by atoms with Crippen LogP contribution >= 0.6 is 0 Å². The second-order valence-electron chi connectivity index (χ2n) is 27.4. The third-order valence-electron chi connectivity index (χ3n) is 18.4. The molecule has 0 N–H and O–H groups in total. The van der Waals surface area contributed by atoms with E-state index in [0.717, 1.165) is 20.3 Å². The van der Waals surface area contributed by atoms with Crippen molar-refractivity contribution in [2.24, 2.45) is 0 Å². The van der Waals surface area contributed by atoms with E-state index in [1.54, 1.807) is 9.80 Å². The first-order valence-corrected chi connectivity index (χ1v) is 31.8. The molecular formula is C90H75BN4. The topological polar surface area (TPSA) is 16.3 Å². The molecule has 0 amide bonds. The fourth-order valence-corrected chi connectivity index (χ4v) is 13.7. The molecule has 0 unspecified atom stereocenters. The van der Waals surface area contributed by atoms with Crippen molar-refractivity contribution in [3.63, 3.8) is 0 Å². The largest absolute Gasteiger partial charge is 0.310 e. The molecule has 95 heavy (non-hydrogen) atoms. The predicted octanol–water partition coefficient (Wildman–Crippen LogP) is 22.5. The molecule has 2 aliphatic rings. The number of hydrogen-bond donors (Lipinski definition) is 0. The molecule has 0 atom stereocenters. The Morgan fingerprint density at radius 1 is 0.305 bits per heavy atom. The molecule has 458 valence electrons. The van der Waals surface area contributed by atoms with Gasteiger partial charge in [-0.3, -0.25) is 0 Å². The van der Waals surface area contributed by atoms with Crippen molar-refractivity contribution >= 4 is 101 Å². The van der Waals surface area contributed by atoms with Gasteiger partial charge in [0.15, 0.2) is 0 Å². The number of aromatic nitrogens is 2. The van der Waals surface area contributed by atoms with Crippen LogP contribution in [0.5, 0.6) is 0 Å². The van der Waals surface area contributed by atoms with Crippen molar-refractivity contribution in [3.8, 4) is 55.9 Å². The first kappa shape index (κ1) is 37.7. The predicted molar refractivity (Wildman–Crippen MR) is 407 cm³/mol. The molecule has 17 rings (SSSR count). The number of rotatable bonds is 8. The quantitative estimate of drug-likeness (QED) is 0.141. The van der Waals surface area contributed by atoms with E-state index >= 15 is 0 Å².